The molecule has 2 aliphatic carbocycles. The Balaban J connectivity index is 1.67. The van der Waals surface area contributed by atoms with E-state index in [-0.39, 0.29) is 0 Å². The summed E-state index contributed by atoms with van der Waals surface area (Å²) in [4.78, 5) is 0. The maximum absolute atomic E-state index is 5.24. The predicted octanol–water partition coefficient (Wildman–Crippen LogP) is 1.20. The Hall–Kier alpha value is -0.880. The van der Waals surface area contributed by atoms with Crippen molar-refractivity contribution in [2.75, 3.05) is 0 Å². The molecule has 0 heterocycles. The fourth-order valence-corrected chi connectivity index (χ4v) is 3.05. The average molecular weight is 284 g/mol. The van der Waals surface area contributed by atoms with E-state index < -0.39 is 0 Å². The third-order valence-electron chi connectivity index (χ3n) is 3.30. The molecule has 0 amide bonds. The molecule has 100 valence electrons. The van der Waals surface area contributed by atoms with Gasteiger partial charge in [0.1, 0.15) is 0 Å². The van der Waals surface area contributed by atoms with Crippen LogP contribution in [0.25, 0.3) is 0 Å². The first-order valence-corrected chi connectivity index (χ1v) is 7.17. The molecule has 0 aliphatic heterocycles. The summed E-state index contributed by atoms with van der Waals surface area (Å²) in [6, 6.07) is 0.775. The number of hydrazine groups is 1. The highest BCUT2D eigenvalue weighted by molar-refractivity contribution is 7.80. The van der Waals surface area contributed by atoms with Gasteiger partial charge in [0.2, 0.25) is 0 Å². The molecular formula is C12H20N4S2. The minimum atomic E-state index is 0.309. The Morgan fingerprint density at radius 3 is 2.39 bits per heavy atom. The maximum atomic E-state index is 5.24. The van der Waals surface area contributed by atoms with E-state index in [2.05, 4.69) is 33.6 Å². The zero-order chi connectivity index (χ0) is 13.1. The molecule has 18 heavy (non-hydrogen) atoms. The molecule has 0 spiro atoms. The quantitative estimate of drug-likeness (QED) is 0.347. The van der Waals surface area contributed by atoms with Crippen LogP contribution < -0.4 is 21.5 Å². The molecule has 4 nitrogen and oxygen atoms in total. The highest BCUT2D eigenvalue weighted by atomic mass is 32.1. The van der Waals surface area contributed by atoms with Gasteiger partial charge in [-0.25, -0.2) is 0 Å². The highest BCUT2D eigenvalue weighted by Gasteiger charge is 2.35. The topological polar surface area (TPSA) is 48.1 Å². The largest absolute Gasteiger partial charge is 0.359 e. The van der Waals surface area contributed by atoms with Crippen molar-refractivity contribution in [1.29, 1.82) is 0 Å². The first kappa shape index (κ1) is 13.5. The van der Waals surface area contributed by atoms with Crippen LogP contribution in [0.5, 0.6) is 0 Å². The van der Waals surface area contributed by atoms with Crippen LogP contribution >= 0.6 is 24.4 Å². The smallest absolute Gasteiger partial charge is 0.185 e. The second kappa shape index (κ2) is 5.84. The molecular weight excluding hydrogens is 264 g/mol. The standard InChI is InChI=1S/C12H20N4S2/c1-7(2)13-11(17)15-16-12(18)14-10-6-8-3-4-9(10)5-8/h3-4,7-10H,5-6H2,1-2H3,(H2,13,15,17)(H2,14,16,18)/t8-,9-,10+/m0/s1. The summed E-state index contributed by atoms with van der Waals surface area (Å²) in [6.07, 6.45) is 7.06. The number of fused-ring (bicyclic) bond motifs is 2. The lowest BCUT2D eigenvalue weighted by molar-refractivity contribution is 0.518. The van der Waals surface area contributed by atoms with Crippen LogP contribution in [0.2, 0.25) is 0 Å². The van der Waals surface area contributed by atoms with Crippen LogP contribution in [-0.2, 0) is 0 Å². The maximum Gasteiger partial charge on any atom is 0.185 e. The van der Waals surface area contributed by atoms with E-state index in [0.29, 0.717) is 28.2 Å². The molecule has 3 atom stereocenters. The Morgan fingerprint density at radius 2 is 1.83 bits per heavy atom. The average Bonchev–Trinajstić information content (AvgIpc) is 2.87. The lowest BCUT2D eigenvalue weighted by Crippen LogP contribution is -2.53. The van der Waals surface area contributed by atoms with Crippen molar-refractivity contribution in [2.45, 2.75) is 38.8 Å². The zero-order valence-electron chi connectivity index (χ0n) is 10.7. The molecule has 2 rings (SSSR count). The number of allylic oxidation sites excluding steroid dienone is 1. The van der Waals surface area contributed by atoms with E-state index in [0.717, 1.165) is 5.92 Å². The minimum absolute atomic E-state index is 0.309. The van der Waals surface area contributed by atoms with Gasteiger partial charge in [-0.1, -0.05) is 12.2 Å². The van der Waals surface area contributed by atoms with E-state index in [9.17, 15) is 0 Å². The van der Waals surface area contributed by atoms with Gasteiger partial charge in [0.05, 0.1) is 0 Å². The van der Waals surface area contributed by atoms with Gasteiger partial charge in [-0.05, 0) is 63.0 Å². The third-order valence-corrected chi connectivity index (χ3v) is 3.74. The second-order valence-corrected chi connectivity index (χ2v) is 6.05. The summed E-state index contributed by atoms with van der Waals surface area (Å²) >= 11 is 10.3. The summed E-state index contributed by atoms with van der Waals surface area (Å²) in [5, 5.41) is 7.58. The fraction of sp³-hybridized carbons (Fsp3) is 0.667. The molecule has 0 unspecified atom stereocenters. The molecule has 0 aromatic carbocycles. The molecule has 0 aromatic rings. The Bertz CT molecular complexity index is 367. The van der Waals surface area contributed by atoms with Crippen LogP contribution in [0.15, 0.2) is 12.2 Å². The number of rotatable bonds is 2. The van der Waals surface area contributed by atoms with E-state index in [1.54, 1.807) is 0 Å². The fourth-order valence-electron chi connectivity index (χ4n) is 2.56. The van der Waals surface area contributed by atoms with Crippen LogP contribution in [0.1, 0.15) is 26.7 Å². The van der Waals surface area contributed by atoms with Gasteiger partial charge in [-0.3, -0.25) is 10.9 Å². The molecule has 6 heteroatoms. The SMILES string of the molecule is CC(C)NC(=S)NNC(=S)N[C@@H]1C[C@H]2C=C[C@H]1C2. The van der Waals surface area contributed by atoms with E-state index in [4.69, 9.17) is 24.4 Å². The van der Waals surface area contributed by atoms with E-state index >= 15 is 0 Å². The molecule has 1 fully saturated rings. The van der Waals surface area contributed by atoms with Crippen molar-refractivity contribution in [2.24, 2.45) is 11.8 Å². The molecule has 2 aliphatic rings. The van der Waals surface area contributed by atoms with Gasteiger partial charge in [0.15, 0.2) is 10.2 Å². The molecule has 0 saturated heterocycles. The van der Waals surface area contributed by atoms with Crippen molar-refractivity contribution in [3.8, 4) is 0 Å². The monoisotopic (exact) mass is 284 g/mol. The normalized spacial score (nSPS) is 28.3. The van der Waals surface area contributed by atoms with Gasteiger partial charge in [0, 0.05) is 12.1 Å². The third kappa shape index (κ3) is 3.55. The van der Waals surface area contributed by atoms with Crippen LogP contribution in [0, 0.1) is 11.8 Å². The van der Waals surface area contributed by atoms with Crippen molar-refractivity contribution >= 4 is 34.7 Å². The van der Waals surface area contributed by atoms with Crippen molar-refractivity contribution in [3.05, 3.63) is 12.2 Å². The van der Waals surface area contributed by atoms with Crippen molar-refractivity contribution in [3.63, 3.8) is 0 Å². The summed E-state index contributed by atoms with van der Waals surface area (Å²) in [6.45, 7) is 4.07. The molecule has 0 radical (unpaired) electrons. The van der Waals surface area contributed by atoms with Gasteiger partial charge in [-0.2, -0.15) is 0 Å². The lowest BCUT2D eigenvalue weighted by atomic mass is 10.0. The molecule has 4 N–H and O–H groups in total. The number of nitrogens with one attached hydrogen (secondary N) is 4. The summed E-state index contributed by atoms with van der Waals surface area (Å²) < 4.78 is 0. The van der Waals surface area contributed by atoms with E-state index in [1.807, 2.05) is 13.8 Å². The second-order valence-electron chi connectivity index (χ2n) is 5.24. The highest BCUT2D eigenvalue weighted by Crippen LogP contribution is 2.38. The van der Waals surface area contributed by atoms with Gasteiger partial charge in [-0.15, -0.1) is 0 Å². The van der Waals surface area contributed by atoms with Crippen molar-refractivity contribution < 1.29 is 0 Å². The molecule has 0 aromatic heterocycles. The van der Waals surface area contributed by atoms with Gasteiger partial charge >= 0.3 is 0 Å². The minimum Gasteiger partial charge on any atom is -0.359 e. The van der Waals surface area contributed by atoms with E-state index in [1.165, 1.54) is 12.8 Å². The first-order valence-electron chi connectivity index (χ1n) is 6.36. The number of hydrogen-bond acceptors (Lipinski definition) is 2. The summed E-state index contributed by atoms with van der Waals surface area (Å²) in [5.74, 6) is 1.38. The summed E-state index contributed by atoms with van der Waals surface area (Å²) in [7, 11) is 0. The Labute approximate surface area is 119 Å². The zero-order valence-corrected chi connectivity index (χ0v) is 12.3. The van der Waals surface area contributed by atoms with Crippen LogP contribution in [-0.4, -0.2) is 22.3 Å². The number of thiocarbonyl (C=S) groups is 2. The van der Waals surface area contributed by atoms with Crippen molar-refractivity contribution in [1.82, 2.24) is 21.5 Å². The Morgan fingerprint density at radius 1 is 1.11 bits per heavy atom. The lowest BCUT2D eigenvalue weighted by Gasteiger charge is -2.22. The molecule has 1 saturated carbocycles. The molecule has 2 bridgehead atoms. The van der Waals surface area contributed by atoms with Gasteiger partial charge < -0.3 is 10.6 Å². The number of hydrogen-bond donors (Lipinski definition) is 4. The Kier molecular flexibility index (Phi) is 4.40. The van der Waals surface area contributed by atoms with Crippen LogP contribution in [0.3, 0.4) is 0 Å². The van der Waals surface area contributed by atoms with Gasteiger partial charge in [0.25, 0.3) is 0 Å². The first-order chi connectivity index (χ1) is 8.54. The predicted molar refractivity (Wildman–Crippen MR) is 82.0 cm³/mol. The van der Waals surface area contributed by atoms with Crippen LogP contribution in [0.4, 0.5) is 0 Å². The summed E-state index contributed by atoms with van der Waals surface area (Å²) in [5.41, 5.74) is 5.80.